The number of likely N-dealkylation sites (N-methyl/N-ethyl adjacent to an activating group) is 1. The molecule has 0 atom stereocenters. The smallest absolute Gasteiger partial charge is 0.241 e. The Bertz CT molecular complexity index is 505. The van der Waals surface area contributed by atoms with Crippen molar-refractivity contribution < 1.29 is 13.2 Å². The van der Waals surface area contributed by atoms with Crippen molar-refractivity contribution >= 4 is 45.7 Å². The monoisotopic (exact) mass is 446 g/mol. The molecule has 1 fully saturated rings. The summed E-state index contributed by atoms with van der Waals surface area (Å²) in [5, 5.41) is 5.80. The number of aliphatic imine (C=N–C) groups is 1. The highest BCUT2D eigenvalue weighted by atomic mass is 127. The first-order valence-corrected chi connectivity index (χ1v) is 8.91. The van der Waals surface area contributed by atoms with Gasteiger partial charge in [-0.25, -0.2) is 13.4 Å². The van der Waals surface area contributed by atoms with Crippen molar-refractivity contribution in [2.45, 2.75) is 32.4 Å². The van der Waals surface area contributed by atoms with Gasteiger partial charge in [0.1, 0.15) is 6.54 Å². The number of nitrogens with one attached hydrogen (secondary N) is 2. The number of sulfone groups is 1. The molecule has 7 nitrogen and oxygen atoms in total. The van der Waals surface area contributed by atoms with Gasteiger partial charge in [0, 0.05) is 26.2 Å². The van der Waals surface area contributed by atoms with Gasteiger partial charge in [-0.05, 0) is 27.7 Å². The SMILES string of the molecule is CCNC(=O)CN=C(NCC)N1CCS(=O)(=O)C(C)(C)C1.I. The average molecular weight is 446 g/mol. The van der Waals surface area contributed by atoms with Crippen LogP contribution >= 0.6 is 24.0 Å². The Kier molecular flexibility index (Phi) is 8.66. The summed E-state index contributed by atoms with van der Waals surface area (Å²) in [6.45, 7) is 9.28. The topological polar surface area (TPSA) is 90.9 Å². The fraction of sp³-hybridized carbons (Fsp3) is 0.846. The van der Waals surface area contributed by atoms with Crippen LogP contribution in [0, 0.1) is 0 Å². The highest BCUT2D eigenvalue weighted by Gasteiger charge is 2.40. The Morgan fingerprint density at radius 2 is 1.82 bits per heavy atom. The Balaban J connectivity index is 0.00000441. The van der Waals surface area contributed by atoms with Gasteiger partial charge >= 0.3 is 0 Å². The Morgan fingerprint density at radius 3 is 2.32 bits per heavy atom. The van der Waals surface area contributed by atoms with Gasteiger partial charge in [-0.3, -0.25) is 4.79 Å². The van der Waals surface area contributed by atoms with Crippen molar-refractivity contribution in [3.8, 4) is 0 Å². The Hall–Kier alpha value is -0.580. The lowest BCUT2D eigenvalue weighted by Crippen LogP contribution is -2.57. The van der Waals surface area contributed by atoms with E-state index in [0.717, 1.165) is 0 Å². The van der Waals surface area contributed by atoms with Crippen molar-refractivity contribution in [2.24, 2.45) is 4.99 Å². The molecular formula is C13H27IN4O3S. The largest absolute Gasteiger partial charge is 0.357 e. The lowest BCUT2D eigenvalue weighted by Gasteiger charge is -2.39. The number of nitrogens with zero attached hydrogens (tertiary/aromatic N) is 2. The second-order valence-corrected chi connectivity index (χ2v) is 8.37. The molecular weight excluding hydrogens is 419 g/mol. The van der Waals surface area contributed by atoms with Crippen molar-refractivity contribution in [3.63, 3.8) is 0 Å². The van der Waals surface area contributed by atoms with Crippen LogP contribution in [-0.4, -0.2) is 68.4 Å². The van der Waals surface area contributed by atoms with Gasteiger partial charge in [-0.2, -0.15) is 0 Å². The van der Waals surface area contributed by atoms with Crippen LogP contribution in [0.4, 0.5) is 0 Å². The van der Waals surface area contributed by atoms with Gasteiger partial charge in [-0.15, -0.1) is 24.0 Å². The van der Waals surface area contributed by atoms with Crippen LogP contribution in [0.2, 0.25) is 0 Å². The molecule has 1 rings (SSSR count). The predicted octanol–water partition coefficient (Wildman–Crippen LogP) is 0.215. The van der Waals surface area contributed by atoms with Crippen LogP contribution in [-0.2, 0) is 14.6 Å². The normalized spacial score (nSPS) is 20.0. The van der Waals surface area contributed by atoms with E-state index in [9.17, 15) is 13.2 Å². The summed E-state index contributed by atoms with van der Waals surface area (Å²) in [5.74, 6) is 0.550. The summed E-state index contributed by atoms with van der Waals surface area (Å²) < 4.78 is 23.2. The van der Waals surface area contributed by atoms with Gasteiger partial charge in [-0.1, -0.05) is 0 Å². The van der Waals surface area contributed by atoms with Crippen LogP contribution < -0.4 is 10.6 Å². The molecule has 1 amide bonds. The molecule has 1 saturated heterocycles. The lowest BCUT2D eigenvalue weighted by molar-refractivity contribution is -0.119. The maximum absolute atomic E-state index is 12.0. The summed E-state index contributed by atoms with van der Waals surface area (Å²) in [5.41, 5.74) is 0. The molecule has 1 aliphatic heterocycles. The number of hydrogen-bond donors (Lipinski definition) is 2. The molecule has 0 aromatic rings. The summed E-state index contributed by atoms with van der Waals surface area (Å²) >= 11 is 0. The maximum Gasteiger partial charge on any atom is 0.241 e. The van der Waals surface area contributed by atoms with Gasteiger partial charge in [0.25, 0.3) is 0 Å². The third-order valence-corrected chi connectivity index (χ3v) is 5.96. The number of carbonyl (C=O) groups is 1. The molecule has 0 spiro atoms. The van der Waals surface area contributed by atoms with Gasteiger partial charge in [0.05, 0.1) is 10.5 Å². The molecule has 0 aliphatic carbocycles. The molecule has 1 aliphatic rings. The van der Waals surface area contributed by atoms with E-state index in [-0.39, 0.29) is 42.2 Å². The molecule has 2 N–H and O–H groups in total. The van der Waals surface area contributed by atoms with Crippen LogP contribution in [0.5, 0.6) is 0 Å². The van der Waals surface area contributed by atoms with Gasteiger partial charge in [0.2, 0.25) is 5.91 Å². The second kappa shape index (κ2) is 8.90. The van der Waals surface area contributed by atoms with Gasteiger partial charge in [0.15, 0.2) is 15.8 Å². The van der Waals surface area contributed by atoms with E-state index >= 15 is 0 Å². The first-order valence-electron chi connectivity index (χ1n) is 7.25. The molecule has 0 saturated carbocycles. The van der Waals surface area contributed by atoms with Crippen molar-refractivity contribution in [2.75, 3.05) is 38.5 Å². The van der Waals surface area contributed by atoms with Gasteiger partial charge < -0.3 is 15.5 Å². The predicted molar refractivity (Wildman–Crippen MR) is 99.5 cm³/mol. The third-order valence-electron chi connectivity index (χ3n) is 3.42. The summed E-state index contributed by atoms with van der Waals surface area (Å²) in [6, 6.07) is 0. The summed E-state index contributed by atoms with van der Waals surface area (Å²) in [4.78, 5) is 17.7. The number of hydrogen-bond acceptors (Lipinski definition) is 4. The minimum atomic E-state index is -3.09. The van der Waals surface area contributed by atoms with Crippen LogP contribution in [0.3, 0.4) is 0 Å². The lowest BCUT2D eigenvalue weighted by atomic mass is 10.2. The first-order chi connectivity index (χ1) is 9.73. The van der Waals surface area contributed by atoms with Crippen molar-refractivity contribution in [1.29, 1.82) is 0 Å². The molecule has 22 heavy (non-hydrogen) atoms. The molecule has 0 unspecified atom stereocenters. The van der Waals surface area contributed by atoms with E-state index in [2.05, 4.69) is 15.6 Å². The van der Waals surface area contributed by atoms with Crippen molar-refractivity contribution in [3.05, 3.63) is 0 Å². The first kappa shape index (κ1) is 21.4. The molecule has 130 valence electrons. The number of amides is 1. The third kappa shape index (κ3) is 5.56. The highest BCUT2D eigenvalue weighted by molar-refractivity contribution is 14.0. The zero-order valence-electron chi connectivity index (χ0n) is 13.7. The van der Waals surface area contributed by atoms with E-state index in [1.165, 1.54) is 0 Å². The number of guanidine groups is 1. The highest BCUT2D eigenvalue weighted by Crippen LogP contribution is 2.23. The zero-order chi connectivity index (χ0) is 16.1. The standard InChI is InChI=1S/C13H26N4O3S.HI/c1-5-14-11(18)9-16-12(15-6-2)17-7-8-21(19,20)13(3,4)10-17;/h5-10H2,1-4H3,(H,14,18)(H,15,16);1H. The van der Waals surface area contributed by atoms with E-state index in [1.807, 2.05) is 18.7 Å². The van der Waals surface area contributed by atoms with E-state index in [0.29, 0.717) is 32.1 Å². The number of carbonyl (C=O) groups excluding carboxylic acids is 1. The van der Waals surface area contributed by atoms with E-state index in [1.54, 1.807) is 13.8 Å². The Morgan fingerprint density at radius 1 is 1.23 bits per heavy atom. The second-order valence-electron chi connectivity index (χ2n) is 5.62. The zero-order valence-corrected chi connectivity index (χ0v) is 16.8. The van der Waals surface area contributed by atoms with Crippen LogP contribution in [0.25, 0.3) is 0 Å². The molecule has 9 heteroatoms. The quantitative estimate of drug-likeness (QED) is 0.366. The van der Waals surface area contributed by atoms with Crippen molar-refractivity contribution in [1.82, 2.24) is 15.5 Å². The van der Waals surface area contributed by atoms with Crippen LogP contribution in [0.1, 0.15) is 27.7 Å². The van der Waals surface area contributed by atoms with Crippen LogP contribution in [0.15, 0.2) is 4.99 Å². The minimum Gasteiger partial charge on any atom is -0.357 e. The summed E-state index contributed by atoms with van der Waals surface area (Å²) in [6.07, 6.45) is 0. The molecule has 1 heterocycles. The van der Waals surface area contributed by atoms with E-state index < -0.39 is 14.6 Å². The fourth-order valence-corrected chi connectivity index (χ4v) is 3.52. The summed E-state index contributed by atoms with van der Waals surface area (Å²) in [7, 11) is -3.09. The molecule has 0 bridgehead atoms. The fourth-order valence-electron chi connectivity index (χ4n) is 2.15. The average Bonchev–Trinajstić information content (AvgIpc) is 2.38. The number of rotatable bonds is 4. The molecule has 0 aromatic heterocycles. The Labute approximate surface area is 150 Å². The molecule has 0 aromatic carbocycles. The van der Waals surface area contributed by atoms with E-state index in [4.69, 9.17) is 0 Å². The number of halogens is 1. The molecule has 0 radical (unpaired) electrons. The maximum atomic E-state index is 12.0. The minimum absolute atomic E-state index is 0.